The molecule has 1 atom stereocenters. The van der Waals surface area contributed by atoms with Crippen molar-refractivity contribution in [3.8, 4) is 0 Å². The predicted octanol–water partition coefficient (Wildman–Crippen LogP) is 3.54. The molecule has 2 aromatic rings. The van der Waals surface area contributed by atoms with Crippen LogP contribution in [-0.4, -0.2) is 34.5 Å². The fourth-order valence-electron chi connectivity index (χ4n) is 2.41. The van der Waals surface area contributed by atoms with Crippen molar-refractivity contribution >= 4 is 34.3 Å². The molecular formula is C18H19N3O2S. The summed E-state index contributed by atoms with van der Waals surface area (Å²) in [7, 11) is 0. The Labute approximate surface area is 145 Å². The molecular weight excluding hydrogens is 322 g/mol. The van der Waals surface area contributed by atoms with Crippen LogP contribution in [0.2, 0.25) is 0 Å². The van der Waals surface area contributed by atoms with Crippen LogP contribution in [0.5, 0.6) is 0 Å². The van der Waals surface area contributed by atoms with E-state index in [-0.39, 0.29) is 11.1 Å². The van der Waals surface area contributed by atoms with Crippen molar-refractivity contribution in [1.82, 2.24) is 4.90 Å². The van der Waals surface area contributed by atoms with E-state index in [1.165, 1.54) is 4.90 Å². The number of para-hydroxylation sites is 1. The first kappa shape index (κ1) is 16.4. The van der Waals surface area contributed by atoms with Gasteiger partial charge in [-0.2, -0.15) is 0 Å². The van der Waals surface area contributed by atoms with Crippen molar-refractivity contribution in [1.29, 1.82) is 0 Å². The number of carbonyl (C=O) groups excluding carboxylic acids is 2. The molecule has 2 amide bonds. The zero-order valence-electron chi connectivity index (χ0n) is 13.4. The lowest BCUT2D eigenvalue weighted by Crippen LogP contribution is -2.37. The maximum absolute atomic E-state index is 12.4. The zero-order chi connectivity index (χ0) is 16.9. The number of benzene rings is 2. The summed E-state index contributed by atoms with van der Waals surface area (Å²) in [5.41, 5.74) is 2.96. The van der Waals surface area contributed by atoms with Crippen LogP contribution in [0.4, 0.5) is 16.2 Å². The first-order valence-electron chi connectivity index (χ1n) is 7.77. The zero-order valence-corrected chi connectivity index (χ0v) is 14.2. The summed E-state index contributed by atoms with van der Waals surface area (Å²) in [5, 5.41) is 5.56. The second-order valence-electron chi connectivity index (χ2n) is 5.56. The van der Waals surface area contributed by atoms with Crippen LogP contribution in [0.15, 0.2) is 54.6 Å². The number of thioether (sulfide) groups is 1. The highest BCUT2D eigenvalue weighted by atomic mass is 32.2. The summed E-state index contributed by atoms with van der Waals surface area (Å²) < 4.78 is 0. The van der Waals surface area contributed by atoms with Crippen LogP contribution in [0.1, 0.15) is 5.56 Å². The monoisotopic (exact) mass is 341 g/mol. The number of carbonyl (C=O) groups is 2. The number of hydrogen-bond donors (Lipinski definition) is 2. The molecule has 0 aliphatic carbocycles. The highest BCUT2D eigenvalue weighted by molar-refractivity contribution is 8.15. The van der Waals surface area contributed by atoms with Gasteiger partial charge < -0.3 is 10.6 Å². The minimum atomic E-state index is -0.558. The maximum atomic E-state index is 12.4. The van der Waals surface area contributed by atoms with Crippen LogP contribution in [0.25, 0.3) is 0 Å². The van der Waals surface area contributed by atoms with E-state index in [9.17, 15) is 9.59 Å². The van der Waals surface area contributed by atoms with Crippen molar-refractivity contribution in [2.24, 2.45) is 0 Å². The predicted molar refractivity (Wildman–Crippen MR) is 98.2 cm³/mol. The first-order valence-corrected chi connectivity index (χ1v) is 8.65. The molecule has 1 heterocycles. The molecule has 1 aliphatic heterocycles. The molecule has 1 fully saturated rings. The lowest BCUT2D eigenvalue weighted by atomic mass is 10.2. The molecule has 0 aromatic heterocycles. The van der Waals surface area contributed by atoms with E-state index in [0.29, 0.717) is 13.1 Å². The summed E-state index contributed by atoms with van der Waals surface area (Å²) in [6.07, 6.45) is 0. The lowest BCUT2D eigenvalue weighted by Gasteiger charge is -2.15. The fourth-order valence-corrected chi connectivity index (χ4v) is 3.34. The Bertz CT molecular complexity index is 719. The average molecular weight is 341 g/mol. The van der Waals surface area contributed by atoms with Gasteiger partial charge in [0.25, 0.3) is 11.1 Å². The number of rotatable bonds is 6. The van der Waals surface area contributed by atoms with Gasteiger partial charge in [0, 0.05) is 24.5 Å². The van der Waals surface area contributed by atoms with E-state index in [2.05, 4.69) is 10.6 Å². The molecule has 1 saturated heterocycles. The van der Waals surface area contributed by atoms with Gasteiger partial charge in [0.05, 0.1) is 0 Å². The molecule has 1 unspecified atom stereocenters. The third-order valence-corrected chi connectivity index (χ3v) is 4.69. The van der Waals surface area contributed by atoms with Gasteiger partial charge in [0.2, 0.25) is 0 Å². The highest BCUT2D eigenvalue weighted by Gasteiger charge is 2.39. The molecule has 0 bridgehead atoms. The quantitative estimate of drug-likeness (QED) is 0.841. The van der Waals surface area contributed by atoms with E-state index in [1.807, 2.05) is 61.5 Å². The third-order valence-electron chi connectivity index (χ3n) is 3.72. The van der Waals surface area contributed by atoms with Crippen molar-refractivity contribution < 1.29 is 9.59 Å². The molecule has 0 spiro atoms. The highest BCUT2D eigenvalue weighted by Crippen LogP contribution is 2.28. The third kappa shape index (κ3) is 3.89. The Morgan fingerprint density at radius 2 is 1.71 bits per heavy atom. The number of imide groups is 1. The summed E-state index contributed by atoms with van der Waals surface area (Å²) in [6.45, 7) is 2.88. The maximum Gasteiger partial charge on any atom is 0.290 e. The van der Waals surface area contributed by atoms with Gasteiger partial charge in [-0.05, 0) is 43.0 Å². The van der Waals surface area contributed by atoms with E-state index in [4.69, 9.17) is 0 Å². The molecule has 2 N–H and O–H groups in total. The molecule has 1 aliphatic rings. The van der Waals surface area contributed by atoms with Gasteiger partial charge in [-0.1, -0.05) is 35.9 Å². The SMILES string of the molecule is Cc1ccc(NC2SC(=O)N(CCNc3ccccc3)C2=O)cc1. The smallest absolute Gasteiger partial charge is 0.290 e. The number of amides is 2. The molecule has 5 nitrogen and oxygen atoms in total. The Kier molecular flexibility index (Phi) is 5.05. The van der Waals surface area contributed by atoms with Crippen LogP contribution in [0.3, 0.4) is 0 Å². The average Bonchev–Trinajstić information content (AvgIpc) is 2.85. The Morgan fingerprint density at radius 1 is 1.00 bits per heavy atom. The van der Waals surface area contributed by atoms with Gasteiger partial charge in [-0.3, -0.25) is 14.5 Å². The second-order valence-corrected chi connectivity index (χ2v) is 6.61. The summed E-state index contributed by atoms with van der Waals surface area (Å²) in [6, 6.07) is 17.5. The van der Waals surface area contributed by atoms with Crippen molar-refractivity contribution in [2.45, 2.75) is 12.3 Å². The van der Waals surface area contributed by atoms with E-state index < -0.39 is 5.37 Å². The van der Waals surface area contributed by atoms with Crippen LogP contribution >= 0.6 is 11.8 Å². The summed E-state index contributed by atoms with van der Waals surface area (Å²) in [4.78, 5) is 25.8. The van der Waals surface area contributed by atoms with Gasteiger partial charge in [-0.25, -0.2) is 0 Å². The molecule has 24 heavy (non-hydrogen) atoms. The van der Waals surface area contributed by atoms with Crippen molar-refractivity contribution in [2.75, 3.05) is 23.7 Å². The Balaban J connectivity index is 1.54. The summed E-state index contributed by atoms with van der Waals surface area (Å²) >= 11 is 1.03. The minimum absolute atomic E-state index is 0.194. The molecule has 3 rings (SSSR count). The van der Waals surface area contributed by atoms with Crippen LogP contribution < -0.4 is 10.6 Å². The van der Waals surface area contributed by atoms with Crippen molar-refractivity contribution in [3.05, 3.63) is 60.2 Å². The van der Waals surface area contributed by atoms with E-state index in [1.54, 1.807) is 0 Å². The number of nitrogens with one attached hydrogen (secondary N) is 2. The number of nitrogens with zero attached hydrogens (tertiary/aromatic N) is 1. The van der Waals surface area contributed by atoms with Crippen LogP contribution in [0, 0.1) is 6.92 Å². The van der Waals surface area contributed by atoms with Gasteiger partial charge in [0.1, 0.15) is 0 Å². The molecule has 2 aromatic carbocycles. The number of anilines is 2. The van der Waals surface area contributed by atoms with Gasteiger partial charge in [0.15, 0.2) is 5.37 Å². The fraction of sp³-hybridized carbons (Fsp3) is 0.222. The van der Waals surface area contributed by atoms with E-state index >= 15 is 0 Å². The topological polar surface area (TPSA) is 61.4 Å². The Morgan fingerprint density at radius 3 is 2.42 bits per heavy atom. The standard InChI is InChI=1S/C18H19N3O2S/c1-13-7-9-15(10-8-13)20-16-17(22)21(18(23)24-16)12-11-19-14-5-3-2-4-6-14/h2-10,16,19-20H,11-12H2,1H3. The molecule has 0 saturated carbocycles. The molecule has 124 valence electrons. The lowest BCUT2D eigenvalue weighted by molar-refractivity contribution is -0.126. The summed E-state index contributed by atoms with van der Waals surface area (Å²) in [5.74, 6) is -0.194. The second kappa shape index (κ2) is 7.40. The number of aryl methyl sites for hydroxylation is 1. The van der Waals surface area contributed by atoms with Crippen molar-refractivity contribution in [3.63, 3.8) is 0 Å². The minimum Gasteiger partial charge on any atom is -0.383 e. The first-order chi connectivity index (χ1) is 11.6. The number of hydrogen-bond acceptors (Lipinski definition) is 5. The van der Waals surface area contributed by atoms with E-state index in [0.717, 1.165) is 28.7 Å². The Hall–Kier alpha value is -2.47. The molecule has 6 heteroatoms. The normalized spacial score (nSPS) is 17.2. The van der Waals surface area contributed by atoms with Gasteiger partial charge in [-0.15, -0.1) is 0 Å². The van der Waals surface area contributed by atoms with Crippen LogP contribution in [-0.2, 0) is 4.79 Å². The largest absolute Gasteiger partial charge is 0.383 e. The van der Waals surface area contributed by atoms with Gasteiger partial charge >= 0.3 is 0 Å². The molecule has 0 radical (unpaired) electrons.